The topological polar surface area (TPSA) is 107 Å². The number of H-pyrrole nitrogens is 1. The number of carboxylic acids is 1. The number of sulfonamides is 1. The number of aryl methyl sites for hydroxylation is 2. The molecule has 3 heterocycles. The van der Waals surface area contributed by atoms with Gasteiger partial charge in [0.1, 0.15) is 4.90 Å². The molecule has 0 amide bonds. The molecule has 2 aliphatic rings. The molecular weight excluding hydrogens is 332 g/mol. The number of carboxylic acid groups (broad SMARTS) is 1. The Labute approximate surface area is 141 Å². The third kappa shape index (κ3) is 2.38. The van der Waals surface area contributed by atoms with Crippen LogP contribution in [0.4, 0.5) is 0 Å². The van der Waals surface area contributed by atoms with E-state index in [9.17, 15) is 18.3 Å². The predicted molar refractivity (Wildman–Crippen MR) is 87.0 cm³/mol. The number of aliphatic carboxylic acids is 1. The van der Waals surface area contributed by atoms with Crippen LogP contribution in [0.3, 0.4) is 0 Å². The summed E-state index contributed by atoms with van der Waals surface area (Å²) >= 11 is 0. The maximum atomic E-state index is 13.0. The lowest BCUT2D eigenvalue weighted by Crippen LogP contribution is -2.42. The van der Waals surface area contributed by atoms with E-state index in [1.54, 1.807) is 19.9 Å². The SMILES string of the molecule is C=CCN1C[C@@H]2CN(S(=O)(=O)c3c(C)n[nH]c3C)C[C@]2(C(=O)O)C1. The molecule has 2 fully saturated rings. The molecule has 8 nitrogen and oxygen atoms in total. The minimum absolute atomic E-state index is 0.00691. The fourth-order valence-corrected chi connectivity index (χ4v) is 5.87. The van der Waals surface area contributed by atoms with Gasteiger partial charge in [-0.3, -0.25) is 14.8 Å². The van der Waals surface area contributed by atoms with Crippen LogP contribution < -0.4 is 0 Å². The number of fused-ring (bicyclic) bond motifs is 1. The van der Waals surface area contributed by atoms with Crippen LogP contribution in [-0.2, 0) is 14.8 Å². The van der Waals surface area contributed by atoms with E-state index in [-0.39, 0.29) is 23.9 Å². The highest BCUT2D eigenvalue weighted by Gasteiger charge is 2.59. The molecule has 132 valence electrons. The maximum absolute atomic E-state index is 13.0. The number of hydrogen-bond donors (Lipinski definition) is 2. The summed E-state index contributed by atoms with van der Waals surface area (Å²) in [5.74, 6) is -1.16. The Balaban J connectivity index is 1.92. The smallest absolute Gasteiger partial charge is 0.312 e. The third-order valence-corrected chi connectivity index (χ3v) is 7.20. The minimum Gasteiger partial charge on any atom is -0.481 e. The Kier molecular flexibility index (Phi) is 4.05. The Morgan fingerprint density at radius 1 is 1.46 bits per heavy atom. The molecule has 0 radical (unpaired) electrons. The zero-order valence-corrected chi connectivity index (χ0v) is 14.6. The van der Waals surface area contributed by atoms with Crippen molar-refractivity contribution >= 4 is 16.0 Å². The molecule has 2 atom stereocenters. The molecule has 0 bridgehead atoms. The van der Waals surface area contributed by atoms with Gasteiger partial charge in [0.15, 0.2) is 0 Å². The molecule has 0 spiro atoms. The normalized spacial score (nSPS) is 28.2. The highest BCUT2D eigenvalue weighted by molar-refractivity contribution is 7.89. The summed E-state index contributed by atoms with van der Waals surface area (Å²) in [7, 11) is -3.76. The van der Waals surface area contributed by atoms with Gasteiger partial charge in [0.2, 0.25) is 10.0 Å². The van der Waals surface area contributed by atoms with Gasteiger partial charge in [0, 0.05) is 38.6 Å². The van der Waals surface area contributed by atoms with Crippen LogP contribution in [-0.4, -0.2) is 71.6 Å². The molecule has 2 aliphatic heterocycles. The van der Waals surface area contributed by atoms with Crippen LogP contribution in [0.15, 0.2) is 17.6 Å². The number of nitrogens with one attached hydrogen (secondary N) is 1. The first-order chi connectivity index (χ1) is 11.2. The second-order valence-electron chi connectivity index (χ2n) is 6.70. The Hall–Kier alpha value is -1.71. The summed E-state index contributed by atoms with van der Waals surface area (Å²) in [6, 6.07) is 0. The van der Waals surface area contributed by atoms with E-state index in [1.165, 1.54) is 4.31 Å². The summed E-state index contributed by atoms with van der Waals surface area (Å²) in [5.41, 5.74) is -0.175. The van der Waals surface area contributed by atoms with Crippen molar-refractivity contribution in [2.24, 2.45) is 11.3 Å². The molecule has 0 saturated carbocycles. The number of likely N-dealkylation sites (tertiary alicyclic amines) is 1. The van der Waals surface area contributed by atoms with E-state index < -0.39 is 21.4 Å². The lowest BCUT2D eigenvalue weighted by atomic mass is 9.81. The summed E-state index contributed by atoms with van der Waals surface area (Å²) in [6.45, 7) is 8.70. The van der Waals surface area contributed by atoms with Crippen LogP contribution in [0.25, 0.3) is 0 Å². The summed E-state index contributed by atoms with van der Waals surface area (Å²) < 4.78 is 27.3. The van der Waals surface area contributed by atoms with Crippen molar-refractivity contribution in [2.75, 3.05) is 32.7 Å². The van der Waals surface area contributed by atoms with Crippen molar-refractivity contribution in [3.8, 4) is 0 Å². The summed E-state index contributed by atoms with van der Waals surface area (Å²) in [6.07, 6.45) is 1.74. The Morgan fingerprint density at radius 2 is 2.17 bits per heavy atom. The summed E-state index contributed by atoms with van der Waals surface area (Å²) in [5, 5.41) is 16.4. The van der Waals surface area contributed by atoms with Crippen LogP contribution in [0.2, 0.25) is 0 Å². The van der Waals surface area contributed by atoms with E-state index in [2.05, 4.69) is 16.8 Å². The predicted octanol–water partition coefficient (Wildman–Crippen LogP) is 0.220. The molecule has 1 aromatic rings. The second-order valence-corrected chi connectivity index (χ2v) is 8.58. The molecule has 0 aromatic carbocycles. The van der Waals surface area contributed by atoms with Crippen LogP contribution >= 0.6 is 0 Å². The van der Waals surface area contributed by atoms with Crippen LogP contribution in [0.5, 0.6) is 0 Å². The summed E-state index contributed by atoms with van der Waals surface area (Å²) in [4.78, 5) is 14.1. The Morgan fingerprint density at radius 3 is 2.67 bits per heavy atom. The molecule has 2 saturated heterocycles. The fraction of sp³-hybridized carbons (Fsp3) is 0.600. The van der Waals surface area contributed by atoms with Gasteiger partial charge in [-0.15, -0.1) is 6.58 Å². The number of rotatable bonds is 5. The molecule has 3 rings (SSSR count). The number of carbonyl (C=O) groups is 1. The quantitative estimate of drug-likeness (QED) is 0.733. The van der Waals surface area contributed by atoms with Gasteiger partial charge in [-0.1, -0.05) is 6.08 Å². The molecule has 0 aliphatic carbocycles. The lowest BCUT2D eigenvalue weighted by Gasteiger charge is -2.24. The molecule has 2 N–H and O–H groups in total. The van der Waals surface area contributed by atoms with Crippen molar-refractivity contribution in [1.82, 2.24) is 19.4 Å². The molecule has 9 heteroatoms. The highest BCUT2D eigenvalue weighted by atomic mass is 32.2. The van der Waals surface area contributed by atoms with Gasteiger partial charge >= 0.3 is 5.97 Å². The Bertz CT molecular complexity index is 768. The molecular formula is C15H22N4O4S. The second kappa shape index (κ2) is 5.68. The van der Waals surface area contributed by atoms with Crippen molar-refractivity contribution in [3.63, 3.8) is 0 Å². The average molecular weight is 354 g/mol. The molecule has 0 unspecified atom stereocenters. The molecule has 1 aromatic heterocycles. The van der Waals surface area contributed by atoms with Crippen molar-refractivity contribution in [3.05, 3.63) is 24.0 Å². The van der Waals surface area contributed by atoms with Crippen LogP contribution in [0.1, 0.15) is 11.4 Å². The average Bonchev–Trinajstić information content (AvgIpc) is 3.10. The van der Waals surface area contributed by atoms with E-state index in [0.717, 1.165) is 0 Å². The number of nitrogens with zero attached hydrogens (tertiary/aromatic N) is 3. The molecule has 24 heavy (non-hydrogen) atoms. The maximum Gasteiger partial charge on any atom is 0.312 e. The first-order valence-corrected chi connectivity index (χ1v) is 9.24. The van der Waals surface area contributed by atoms with E-state index in [0.29, 0.717) is 31.0 Å². The lowest BCUT2D eigenvalue weighted by molar-refractivity contribution is -0.148. The van der Waals surface area contributed by atoms with Gasteiger partial charge in [-0.25, -0.2) is 8.42 Å². The van der Waals surface area contributed by atoms with Crippen LogP contribution in [0, 0.1) is 25.2 Å². The zero-order chi connectivity index (χ0) is 17.7. The highest BCUT2D eigenvalue weighted by Crippen LogP contribution is 2.44. The van der Waals surface area contributed by atoms with Gasteiger partial charge in [0.05, 0.1) is 16.8 Å². The largest absolute Gasteiger partial charge is 0.481 e. The van der Waals surface area contributed by atoms with E-state index in [1.807, 2.05) is 4.90 Å². The van der Waals surface area contributed by atoms with Crippen molar-refractivity contribution in [2.45, 2.75) is 18.7 Å². The standard InChI is InChI=1S/C15H22N4O4S/c1-4-5-18-6-12-7-19(9-15(12,8-18)14(20)21)24(22,23)13-10(2)16-17-11(13)3/h4,12H,1,5-9H2,2-3H3,(H,16,17)(H,20,21)/t12-,15-/m1/s1. The number of aromatic nitrogens is 2. The van der Waals surface area contributed by atoms with Gasteiger partial charge < -0.3 is 5.11 Å². The van der Waals surface area contributed by atoms with E-state index >= 15 is 0 Å². The third-order valence-electron chi connectivity index (χ3n) is 5.12. The van der Waals surface area contributed by atoms with Gasteiger partial charge in [0.25, 0.3) is 0 Å². The van der Waals surface area contributed by atoms with Gasteiger partial charge in [-0.05, 0) is 13.8 Å². The van der Waals surface area contributed by atoms with E-state index in [4.69, 9.17) is 0 Å². The number of aromatic amines is 1. The first kappa shape index (κ1) is 17.1. The van der Waals surface area contributed by atoms with Crippen molar-refractivity contribution < 1.29 is 18.3 Å². The fourth-order valence-electron chi connectivity index (χ4n) is 3.98. The number of hydrogen-bond acceptors (Lipinski definition) is 5. The minimum atomic E-state index is -3.76. The zero-order valence-electron chi connectivity index (χ0n) is 13.8. The first-order valence-electron chi connectivity index (χ1n) is 7.80. The van der Waals surface area contributed by atoms with Crippen molar-refractivity contribution in [1.29, 1.82) is 0 Å². The monoisotopic (exact) mass is 354 g/mol. The van der Waals surface area contributed by atoms with Gasteiger partial charge in [-0.2, -0.15) is 9.40 Å².